The molecule has 2 aliphatic heterocycles. The van der Waals surface area contributed by atoms with Crippen LogP contribution >= 0.6 is 12.4 Å². The van der Waals surface area contributed by atoms with Gasteiger partial charge in [0.15, 0.2) is 0 Å². The van der Waals surface area contributed by atoms with Crippen molar-refractivity contribution in [2.75, 3.05) is 18.0 Å². The summed E-state index contributed by atoms with van der Waals surface area (Å²) in [5.41, 5.74) is 3.97. The minimum atomic E-state index is 0. The van der Waals surface area contributed by atoms with E-state index in [4.69, 9.17) is 0 Å². The van der Waals surface area contributed by atoms with Crippen LogP contribution in [0, 0.1) is 0 Å². The van der Waals surface area contributed by atoms with E-state index in [2.05, 4.69) is 11.0 Å². The van der Waals surface area contributed by atoms with Crippen molar-refractivity contribution in [2.24, 2.45) is 0 Å². The van der Waals surface area contributed by atoms with E-state index in [-0.39, 0.29) is 12.4 Å². The van der Waals surface area contributed by atoms with Crippen molar-refractivity contribution in [1.29, 1.82) is 0 Å². The lowest BCUT2D eigenvalue weighted by molar-refractivity contribution is 0.462. The molecule has 2 aliphatic rings. The highest BCUT2D eigenvalue weighted by Crippen LogP contribution is 2.39. The van der Waals surface area contributed by atoms with Crippen LogP contribution in [0.4, 0.5) is 5.69 Å². The molecule has 3 rings (SSSR count). The van der Waals surface area contributed by atoms with Gasteiger partial charge in [0.05, 0.1) is 0 Å². The van der Waals surface area contributed by atoms with Gasteiger partial charge < -0.3 is 10.0 Å². The third-order valence-electron chi connectivity index (χ3n) is 3.39. The predicted molar refractivity (Wildman–Crippen MR) is 64.2 cm³/mol. The molecular weight excluding hydrogens is 210 g/mol. The number of hydrogen-bond acceptors (Lipinski definition) is 2. The highest BCUT2D eigenvalue weighted by Gasteiger charge is 2.25. The molecule has 2 heterocycles. The van der Waals surface area contributed by atoms with Gasteiger partial charge >= 0.3 is 0 Å². The summed E-state index contributed by atoms with van der Waals surface area (Å²) in [5, 5.41) is 9.79. The summed E-state index contributed by atoms with van der Waals surface area (Å²) in [6.45, 7) is 2.34. The van der Waals surface area contributed by atoms with Gasteiger partial charge in [0.1, 0.15) is 5.75 Å². The molecule has 0 saturated heterocycles. The Hall–Kier alpha value is -0.890. The highest BCUT2D eigenvalue weighted by atomic mass is 35.5. The molecule has 0 aromatic heterocycles. The minimum absolute atomic E-state index is 0. The van der Waals surface area contributed by atoms with Crippen LogP contribution in [0.1, 0.15) is 24.0 Å². The number of nitrogens with zero attached hydrogens (tertiary/aromatic N) is 1. The molecule has 0 unspecified atom stereocenters. The van der Waals surface area contributed by atoms with E-state index >= 15 is 0 Å². The van der Waals surface area contributed by atoms with Gasteiger partial charge in [-0.1, -0.05) is 6.07 Å². The van der Waals surface area contributed by atoms with Gasteiger partial charge in [-0.3, -0.25) is 0 Å². The molecule has 0 spiro atoms. The van der Waals surface area contributed by atoms with Crippen molar-refractivity contribution in [2.45, 2.75) is 25.7 Å². The van der Waals surface area contributed by atoms with E-state index in [1.807, 2.05) is 6.07 Å². The maximum Gasteiger partial charge on any atom is 0.120 e. The van der Waals surface area contributed by atoms with Gasteiger partial charge in [-0.05, 0) is 37.3 Å². The van der Waals surface area contributed by atoms with E-state index in [1.165, 1.54) is 49.2 Å². The van der Waals surface area contributed by atoms with Crippen LogP contribution in [0.15, 0.2) is 12.1 Å². The van der Waals surface area contributed by atoms with E-state index < -0.39 is 0 Å². The van der Waals surface area contributed by atoms with Gasteiger partial charge in [0.2, 0.25) is 0 Å². The van der Waals surface area contributed by atoms with Crippen molar-refractivity contribution in [3.8, 4) is 5.75 Å². The van der Waals surface area contributed by atoms with Gasteiger partial charge in [-0.15, -0.1) is 12.4 Å². The monoisotopic (exact) mass is 225 g/mol. The minimum Gasteiger partial charge on any atom is -0.508 e. The number of anilines is 1. The SMILES string of the molecule is Cl.Oc1ccc2c3c1CCCN3CCC2. The second kappa shape index (κ2) is 3.93. The molecule has 1 N–H and O–H groups in total. The Labute approximate surface area is 96.3 Å². The number of phenolic OH excluding ortho intramolecular Hbond substituents is 1. The summed E-state index contributed by atoms with van der Waals surface area (Å²) < 4.78 is 0. The molecular formula is C12H16ClNO. The molecule has 0 atom stereocenters. The fraction of sp³-hybridized carbons (Fsp3) is 0.500. The second-order valence-corrected chi connectivity index (χ2v) is 4.27. The summed E-state index contributed by atoms with van der Waals surface area (Å²) in [6.07, 6.45) is 4.67. The highest BCUT2D eigenvalue weighted by molar-refractivity contribution is 5.85. The van der Waals surface area contributed by atoms with Crippen LogP contribution < -0.4 is 4.90 Å². The van der Waals surface area contributed by atoms with Crippen molar-refractivity contribution in [3.05, 3.63) is 23.3 Å². The predicted octanol–water partition coefficient (Wildman–Crippen LogP) is 2.51. The van der Waals surface area contributed by atoms with E-state index in [0.29, 0.717) is 5.75 Å². The zero-order chi connectivity index (χ0) is 9.54. The van der Waals surface area contributed by atoms with E-state index in [1.54, 1.807) is 0 Å². The number of phenols is 1. The topological polar surface area (TPSA) is 23.5 Å². The molecule has 2 nitrogen and oxygen atoms in total. The van der Waals surface area contributed by atoms with Crippen molar-refractivity contribution in [3.63, 3.8) is 0 Å². The first-order valence-electron chi connectivity index (χ1n) is 5.45. The summed E-state index contributed by atoms with van der Waals surface area (Å²) in [5.74, 6) is 0.496. The van der Waals surface area contributed by atoms with Crippen LogP contribution in [-0.2, 0) is 12.8 Å². The molecule has 0 amide bonds. The molecule has 0 bridgehead atoms. The Morgan fingerprint density at radius 2 is 1.80 bits per heavy atom. The largest absolute Gasteiger partial charge is 0.508 e. The van der Waals surface area contributed by atoms with Crippen LogP contribution in [0.3, 0.4) is 0 Å². The van der Waals surface area contributed by atoms with Crippen LogP contribution in [0.25, 0.3) is 0 Å². The Balaban J connectivity index is 0.000000853. The van der Waals surface area contributed by atoms with Crippen molar-refractivity contribution in [1.82, 2.24) is 0 Å². The first-order chi connectivity index (χ1) is 6.86. The zero-order valence-corrected chi connectivity index (χ0v) is 9.52. The first kappa shape index (κ1) is 10.6. The zero-order valence-electron chi connectivity index (χ0n) is 8.70. The van der Waals surface area contributed by atoms with E-state index in [0.717, 1.165) is 6.42 Å². The molecule has 1 aromatic rings. The van der Waals surface area contributed by atoms with Crippen molar-refractivity contribution < 1.29 is 5.11 Å². The first-order valence-corrected chi connectivity index (χ1v) is 5.45. The fourth-order valence-electron chi connectivity index (χ4n) is 2.76. The lowest BCUT2D eigenvalue weighted by Crippen LogP contribution is -2.34. The third-order valence-corrected chi connectivity index (χ3v) is 3.39. The fourth-order valence-corrected chi connectivity index (χ4v) is 2.76. The van der Waals surface area contributed by atoms with Crippen LogP contribution in [-0.4, -0.2) is 18.2 Å². The number of aryl methyl sites for hydroxylation is 1. The molecule has 0 fully saturated rings. The van der Waals surface area contributed by atoms with Gasteiger partial charge in [-0.2, -0.15) is 0 Å². The van der Waals surface area contributed by atoms with Crippen LogP contribution in [0.2, 0.25) is 0 Å². The van der Waals surface area contributed by atoms with Crippen LogP contribution in [0.5, 0.6) is 5.75 Å². The number of benzene rings is 1. The molecule has 82 valence electrons. The van der Waals surface area contributed by atoms with Crippen molar-refractivity contribution >= 4 is 18.1 Å². The standard InChI is InChI=1S/C12H15NO.ClH/c14-11-6-5-9-3-1-7-13-8-2-4-10(11)12(9)13;/h5-6,14H,1-4,7-8H2;1H. The van der Waals surface area contributed by atoms with E-state index in [9.17, 15) is 5.11 Å². The number of aromatic hydroxyl groups is 1. The number of hydrogen-bond donors (Lipinski definition) is 1. The second-order valence-electron chi connectivity index (χ2n) is 4.27. The summed E-state index contributed by atoms with van der Waals surface area (Å²) >= 11 is 0. The number of halogens is 1. The molecule has 1 aromatic carbocycles. The maximum absolute atomic E-state index is 9.79. The molecule has 0 aliphatic carbocycles. The van der Waals surface area contributed by atoms with Gasteiger partial charge in [-0.25, -0.2) is 0 Å². The maximum atomic E-state index is 9.79. The average Bonchev–Trinajstić information content (AvgIpc) is 2.24. The molecule has 15 heavy (non-hydrogen) atoms. The Kier molecular flexibility index (Phi) is 2.79. The molecule has 3 heteroatoms. The molecule has 0 radical (unpaired) electrons. The lowest BCUT2D eigenvalue weighted by atomic mass is 9.91. The number of rotatable bonds is 0. The smallest absolute Gasteiger partial charge is 0.120 e. The average molecular weight is 226 g/mol. The summed E-state index contributed by atoms with van der Waals surface area (Å²) in [6, 6.07) is 3.95. The van der Waals surface area contributed by atoms with Gasteiger partial charge in [0, 0.05) is 24.3 Å². The Bertz CT molecular complexity index is 376. The quantitative estimate of drug-likeness (QED) is 0.734. The Morgan fingerprint density at radius 3 is 2.60 bits per heavy atom. The lowest BCUT2D eigenvalue weighted by Gasteiger charge is -2.36. The third kappa shape index (κ3) is 1.57. The summed E-state index contributed by atoms with van der Waals surface area (Å²) in [7, 11) is 0. The van der Waals surface area contributed by atoms with Gasteiger partial charge in [0.25, 0.3) is 0 Å². The summed E-state index contributed by atoms with van der Waals surface area (Å²) in [4.78, 5) is 2.44. The normalized spacial score (nSPS) is 18.0. The Morgan fingerprint density at radius 1 is 1.07 bits per heavy atom. The molecule has 0 saturated carbocycles.